The van der Waals surface area contributed by atoms with Crippen molar-refractivity contribution in [1.29, 1.82) is 5.26 Å². The van der Waals surface area contributed by atoms with Crippen LogP contribution in [0.1, 0.15) is 28.8 Å². The van der Waals surface area contributed by atoms with Crippen molar-refractivity contribution in [1.82, 2.24) is 0 Å². The van der Waals surface area contributed by atoms with Gasteiger partial charge in [0.1, 0.15) is 17.7 Å². The molecule has 0 spiro atoms. The highest BCUT2D eigenvalue weighted by molar-refractivity contribution is 7.16. The summed E-state index contributed by atoms with van der Waals surface area (Å²) in [6, 6.07) is 2.21. The number of carbonyl (C=O) groups is 1. The van der Waals surface area contributed by atoms with Gasteiger partial charge in [-0.15, -0.1) is 11.3 Å². The lowest BCUT2D eigenvalue weighted by Crippen LogP contribution is -2.16. The lowest BCUT2D eigenvalue weighted by atomic mass is 9.96. The maximum absolute atomic E-state index is 11.5. The van der Waals surface area contributed by atoms with E-state index in [-0.39, 0.29) is 12.5 Å². The van der Waals surface area contributed by atoms with Crippen molar-refractivity contribution < 1.29 is 9.53 Å². The number of nitriles is 1. The molecule has 1 N–H and O–H groups in total. The Morgan fingerprint density at radius 2 is 2.29 bits per heavy atom. The molecular weight excluding hydrogens is 236 g/mol. The quantitative estimate of drug-likeness (QED) is 0.893. The van der Waals surface area contributed by atoms with Crippen molar-refractivity contribution in [2.75, 3.05) is 19.0 Å². The molecule has 0 aromatic carbocycles. The minimum Gasteiger partial charge on any atom is -0.375 e. The molecule has 0 saturated heterocycles. The van der Waals surface area contributed by atoms with E-state index in [0.717, 1.165) is 24.8 Å². The first-order valence-electron chi connectivity index (χ1n) is 5.59. The average Bonchev–Trinajstić information content (AvgIpc) is 2.66. The minimum atomic E-state index is -0.206. The molecule has 1 aromatic rings. The van der Waals surface area contributed by atoms with Gasteiger partial charge in [-0.2, -0.15) is 5.26 Å². The summed E-state index contributed by atoms with van der Waals surface area (Å²) in [5, 5.41) is 12.6. The Balaban J connectivity index is 2.25. The smallest absolute Gasteiger partial charge is 0.250 e. The first kappa shape index (κ1) is 12.1. The van der Waals surface area contributed by atoms with Crippen LogP contribution in [0.25, 0.3) is 0 Å². The van der Waals surface area contributed by atoms with E-state index < -0.39 is 0 Å². The van der Waals surface area contributed by atoms with Crippen molar-refractivity contribution in [2.45, 2.75) is 25.7 Å². The van der Waals surface area contributed by atoms with E-state index >= 15 is 0 Å². The number of thiophene rings is 1. The number of ether oxygens (including phenoxy) is 1. The Bertz CT molecular complexity index is 474. The summed E-state index contributed by atoms with van der Waals surface area (Å²) in [5.41, 5.74) is 1.78. The van der Waals surface area contributed by atoms with Crippen LogP contribution in [0.2, 0.25) is 0 Å². The van der Waals surface area contributed by atoms with E-state index in [0.29, 0.717) is 10.6 Å². The van der Waals surface area contributed by atoms with Crippen LogP contribution in [0.15, 0.2) is 0 Å². The van der Waals surface area contributed by atoms with E-state index in [9.17, 15) is 10.1 Å². The van der Waals surface area contributed by atoms with Gasteiger partial charge in [-0.25, -0.2) is 0 Å². The predicted molar refractivity (Wildman–Crippen MR) is 66.2 cm³/mol. The molecule has 0 fully saturated rings. The second-order valence-electron chi connectivity index (χ2n) is 4.01. The second kappa shape index (κ2) is 5.30. The molecule has 1 aromatic heterocycles. The molecule has 0 bridgehead atoms. The number of carbonyl (C=O) groups excluding carboxylic acids is 1. The van der Waals surface area contributed by atoms with Gasteiger partial charge in [0.05, 0.1) is 5.56 Å². The van der Waals surface area contributed by atoms with Crippen LogP contribution in [0.4, 0.5) is 5.00 Å². The summed E-state index contributed by atoms with van der Waals surface area (Å²) >= 11 is 1.53. The van der Waals surface area contributed by atoms with Crippen LogP contribution in [0.5, 0.6) is 0 Å². The number of hydrogen-bond donors (Lipinski definition) is 1. The SMILES string of the molecule is COCC(=O)Nc1sc2c(c1C#N)CCCC2. The molecule has 1 aliphatic carbocycles. The third kappa shape index (κ3) is 2.48. The molecule has 1 heterocycles. The van der Waals surface area contributed by atoms with Gasteiger partial charge in [0.25, 0.3) is 5.91 Å². The Kier molecular flexibility index (Phi) is 3.77. The van der Waals surface area contributed by atoms with Crippen LogP contribution in [0, 0.1) is 11.3 Å². The van der Waals surface area contributed by atoms with Crippen LogP contribution in [-0.4, -0.2) is 19.6 Å². The highest BCUT2D eigenvalue weighted by Gasteiger charge is 2.21. The Labute approximate surface area is 104 Å². The lowest BCUT2D eigenvalue weighted by molar-refractivity contribution is -0.119. The molecule has 1 aliphatic rings. The van der Waals surface area contributed by atoms with Crippen LogP contribution in [0.3, 0.4) is 0 Å². The number of aryl methyl sites for hydroxylation is 1. The molecule has 1 amide bonds. The predicted octanol–water partition coefficient (Wildman–Crippen LogP) is 2.08. The molecule has 0 unspecified atom stereocenters. The number of anilines is 1. The average molecular weight is 250 g/mol. The first-order chi connectivity index (χ1) is 8.26. The summed E-state index contributed by atoms with van der Waals surface area (Å²) in [6.45, 7) is 0.0213. The molecule has 2 rings (SSSR count). The second-order valence-corrected chi connectivity index (χ2v) is 5.11. The van der Waals surface area contributed by atoms with Crippen molar-refractivity contribution >= 4 is 22.2 Å². The van der Waals surface area contributed by atoms with E-state index in [4.69, 9.17) is 4.74 Å². The summed E-state index contributed by atoms with van der Waals surface area (Å²) in [6.07, 6.45) is 4.28. The highest BCUT2D eigenvalue weighted by atomic mass is 32.1. The van der Waals surface area contributed by atoms with Gasteiger partial charge in [-0.3, -0.25) is 4.79 Å². The van der Waals surface area contributed by atoms with E-state index in [1.807, 2.05) is 0 Å². The van der Waals surface area contributed by atoms with Gasteiger partial charge in [0.2, 0.25) is 0 Å². The summed E-state index contributed by atoms with van der Waals surface area (Å²) in [7, 11) is 1.48. The Hall–Kier alpha value is -1.38. The zero-order valence-corrected chi connectivity index (χ0v) is 10.5. The fourth-order valence-electron chi connectivity index (χ4n) is 2.07. The van der Waals surface area contributed by atoms with Gasteiger partial charge in [-0.1, -0.05) is 0 Å². The normalized spacial score (nSPS) is 13.9. The fourth-order valence-corrected chi connectivity index (χ4v) is 3.32. The fraction of sp³-hybridized carbons (Fsp3) is 0.500. The molecule has 0 atom stereocenters. The first-order valence-corrected chi connectivity index (χ1v) is 6.41. The number of rotatable bonds is 3. The molecule has 17 heavy (non-hydrogen) atoms. The summed E-state index contributed by atoms with van der Waals surface area (Å²) in [4.78, 5) is 12.7. The van der Waals surface area contributed by atoms with Crippen molar-refractivity contribution in [2.24, 2.45) is 0 Å². The Morgan fingerprint density at radius 3 is 3.00 bits per heavy atom. The summed E-state index contributed by atoms with van der Waals surface area (Å²) < 4.78 is 4.76. The topological polar surface area (TPSA) is 62.1 Å². The van der Waals surface area contributed by atoms with Crippen molar-refractivity contribution in [3.05, 3.63) is 16.0 Å². The molecule has 90 valence electrons. The van der Waals surface area contributed by atoms with Crippen molar-refractivity contribution in [3.8, 4) is 6.07 Å². The van der Waals surface area contributed by atoms with Gasteiger partial charge in [-0.05, 0) is 31.2 Å². The van der Waals surface area contributed by atoms with E-state index in [2.05, 4.69) is 11.4 Å². The van der Waals surface area contributed by atoms with Crippen molar-refractivity contribution in [3.63, 3.8) is 0 Å². The number of nitrogens with zero attached hydrogens (tertiary/aromatic N) is 1. The van der Waals surface area contributed by atoms with E-state index in [1.165, 1.54) is 29.7 Å². The van der Waals surface area contributed by atoms with Gasteiger partial charge < -0.3 is 10.1 Å². The number of amides is 1. The largest absolute Gasteiger partial charge is 0.375 e. The molecular formula is C12H14N2O2S. The standard InChI is InChI=1S/C12H14N2O2S/c1-16-7-11(15)14-12-9(6-13)8-4-2-3-5-10(8)17-12/h2-5,7H2,1H3,(H,14,15). The maximum Gasteiger partial charge on any atom is 0.250 e. The molecule has 5 heteroatoms. The molecule has 0 radical (unpaired) electrons. The number of methoxy groups -OCH3 is 1. The third-order valence-corrected chi connectivity index (χ3v) is 4.02. The minimum absolute atomic E-state index is 0.0213. The molecule has 4 nitrogen and oxygen atoms in total. The summed E-state index contributed by atoms with van der Waals surface area (Å²) in [5.74, 6) is -0.206. The van der Waals surface area contributed by atoms with Gasteiger partial charge in [0.15, 0.2) is 0 Å². The van der Waals surface area contributed by atoms with Crippen LogP contribution < -0.4 is 5.32 Å². The number of nitrogens with one attached hydrogen (secondary N) is 1. The number of fused-ring (bicyclic) bond motifs is 1. The monoisotopic (exact) mass is 250 g/mol. The molecule has 0 aliphatic heterocycles. The zero-order valence-electron chi connectivity index (χ0n) is 9.71. The highest BCUT2D eigenvalue weighted by Crippen LogP contribution is 2.37. The van der Waals surface area contributed by atoms with Gasteiger partial charge >= 0.3 is 0 Å². The molecule has 0 saturated carbocycles. The third-order valence-electron chi connectivity index (χ3n) is 2.81. The Morgan fingerprint density at radius 1 is 1.53 bits per heavy atom. The zero-order chi connectivity index (χ0) is 12.3. The van der Waals surface area contributed by atoms with Gasteiger partial charge in [0, 0.05) is 12.0 Å². The lowest BCUT2D eigenvalue weighted by Gasteiger charge is -2.09. The van der Waals surface area contributed by atoms with E-state index in [1.54, 1.807) is 0 Å². The van der Waals surface area contributed by atoms with Crippen LogP contribution in [-0.2, 0) is 22.4 Å². The van der Waals surface area contributed by atoms with Crippen LogP contribution >= 0.6 is 11.3 Å². The maximum atomic E-state index is 11.5. The number of hydrogen-bond acceptors (Lipinski definition) is 4.